The zero-order chi connectivity index (χ0) is 23.4. The molecule has 0 saturated carbocycles. The lowest BCUT2D eigenvalue weighted by molar-refractivity contribution is 0.0781. The first-order valence-corrected chi connectivity index (χ1v) is 11.1. The maximum Gasteiger partial charge on any atom is 0.253 e. The van der Waals surface area contributed by atoms with E-state index < -0.39 is 0 Å². The molecule has 0 spiro atoms. The number of benzene rings is 1. The molecule has 8 heteroatoms. The summed E-state index contributed by atoms with van der Waals surface area (Å²) < 4.78 is 20.7. The van der Waals surface area contributed by atoms with Crippen molar-refractivity contribution < 1.29 is 18.7 Å². The number of ketones is 1. The van der Waals surface area contributed by atoms with E-state index in [1.807, 2.05) is 18.4 Å². The molecule has 3 heterocycles. The molecule has 1 N–H and O–H groups in total. The molecule has 2 atom stereocenters. The summed E-state index contributed by atoms with van der Waals surface area (Å²) in [6.07, 6.45) is 4.35. The first-order chi connectivity index (χ1) is 16.0. The van der Waals surface area contributed by atoms with Crippen molar-refractivity contribution in [1.29, 1.82) is 0 Å². The minimum absolute atomic E-state index is 0.0527. The Morgan fingerprint density at radius 2 is 1.94 bits per heavy atom. The Bertz CT molecular complexity index is 1130. The van der Waals surface area contributed by atoms with Gasteiger partial charge in [0.2, 0.25) is 0 Å². The molecule has 3 aromatic rings. The standard InChI is InChI=1S/C25H27FN4O3/c1-3-17(24-27-9-4-10-28-24)13-23(31)21-14-20(22-15-33-12-11-30(21)22)25(32)29-16(2)18-5-7-19(26)8-6-18/h4-10,14,16-17H,3,11-13,15H2,1-2H3,(H,29,32)/t16-,17+/m1/s1. The maximum atomic E-state index is 13.3. The minimum atomic E-state index is -0.328. The van der Waals surface area contributed by atoms with E-state index in [4.69, 9.17) is 4.74 Å². The minimum Gasteiger partial charge on any atom is -0.373 e. The van der Waals surface area contributed by atoms with Crippen molar-refractivity contribution in [3.8, 4) is 0 Å². The zero-order valence-corrected chi connectivity index (χ0v) is 18.8. The molecule has 0 bridgehead atoms. The number of fused-ring (bicyclic) bond motifs is 1. The Kier molecular flexibility index (Phi) is 6.93. The SMILES string of the molecule is CC[C@@H](CC(=O)c1cc(C(=O)N[C@H](C)c2ccc(F)cc2)c2n1CCOC2)c1ncccn1. The second-order valence-corrected chi connectivity index (χ2v) is 8.18. The molecule has 1 aromatic carbocycles. The second kappa shape index (κ2) is 10.0. The molecule has 33 heavy (non-hydrogen) atoms. The summed E-state index contributed by atoms with van der Waals surface area (Å²) in [6, 6.07) is 9.11. The van der Waals surface area contributed by atoms with Crippen molar-refractivity contribution in [3.63, 3.8) is 0 Å². The number of amides is 1. The van der Waals surface area contributed by atoms with E-state index in [0.717, 1.165) is 12.0 Å². The van der Waals surface area contributed by atoms with Gasteiger partial charge in [0.05, 0.1) is 36.2 Å². The van der Waals surface area contributed by atoms with E-state index in [9.17, 15) is 14.0 Å². The van der Waals surface area contributed by atoms with Crippen molar-refractivity contribution in [2.45, 2.75) is 51.8 Å². The van der Waals surface area contributed by atoms with Crippen molar-refractivity contribution >= 4 is 11.7 Å². The lowest BCUT2D eigenvalue weighted by atomic mass is 9.97. The first kappa shape index (κ1) is 22.8. The van der Waals surface area contributed by atoms with Crippen LogP contribution in [0.4, 0.5) is 4.39 Å². The average Bonchev–Trinajstić information content (AvgIpc) is 3.23. The van der Waals surface area contributed by atoms with Crippen LogP contribution in [0.15, 0.2) is 48.8 Å². The van der Waals surface area contributed by atoms with E-state index in [0.29, 0.717) is 35.9 Å². The number of ether oxygens (including phenoxy) is 1. The van der Waals surface area contributed by atoms with Gasteiger partial charge >= 0.3 is 0 Å². The number of halogens is 1. The molecule has 0 aliphatic carbocycles. The molecule has 1 aliphatic heterocycles. The van der Waals surface area contributed by atoms with E-state index in [-0.39, 0.29) is 42.5 Å². The van der Waals surface area contributed by atoms with Gasteiger partial charge in [-0.3, -0.25) is 9.59 Å². The zero-order valence-electron chi connectivity index (χ0n) is 18.8. The number of carbonyl (C=O) groups excluding carboxylic acids is 2. The highest BCUT2D eigenvalue weighted by Crippen LogP contribution is 2.27. The van der Waals surface area contributed by atoms with Crippen LogP contribution in [-0.2, 0) is 17.9 Å². The largest absolute Gasteiger partial charge is 0.373 e. The summed E-state index contributed by atoms with van der Waals surface area (Å²) in [7, 11) is 0. The van der Waals surface area contributed by atoms with Gasteiger partial charge in [-0.1, -0.05) is 19.1 Å². The third-order valence-electron chi connectivity index (χ3n) is 6.03. The van der Waals surface area contributed by atoms with Crippen molar-refractivity contribution in [3.05, 3.63) is 82.9 Å². The first-order valence-electron chi connectivity index (χ1n) is 11.1. The van der Waals surface area contributed by atoms with Gasteiger partial charge in [-0.2, -0.15) is 0 Å². The third kappa shape index (κ3) is 5.01. The van der Waals surface area contributed by atoms with Crippen LogP contribution in [0, 0.1) is 5.82 Å². The molecule has 0 fully saturated rings. The number of hydrogen-bond donors (Lipinski definition) is 1. The highest BCUT2D eigenvalue weighted by atomic mass is 19.1. The number of hydrogen-bond acceptors (Lipinski definition) is 5. The van der Waals surface area contributed by atoms with Gasteiger partial charge < -0.3 is 14.6 Å². The number of carbonyl (C=O) groups is 2. The van der Waals surface area contributed by atoms with E-state index >= 15 is 0 Å². The Balaban J connectivity index is 1.56. The smallest absolute Gasteiger partial charge is 0.253 e. The van der Waals surface area contributed by atoms with Gasteiger partial charge in [0.1, 0.15) is 11.6 Å². The molecule has 1 aliphatic rings. The fraction of sp³-hybridized carbons (Fsp3) is 0.360. The molecule has 2 aromatic heterocycles. The maximum absolute atomic E-state index is 13.3. The summed E-state index contributed by atoms with van der Waals surface area (Å²) in [5.41, 5.74) is 2.41. The average molecular weight is 451 g/mol. The van der Waals surface area contributed by atoms with Gasteiger partial charge in [0.25, 0.3) is 5.91 Å². The number of Topliss-reactive ketones (excluding diaryl/α,β-unsaturated/α-hetero) is 1. The highest BCUT2D eigenvalue weighted by Gasteiger charge is 2.28. The molecule has 7 nitrogen and oxygen atoms in total. The van der Waals surface area contributed by atoms with Crippen LogP contribution >= 0.6 is 0 Å². The van der Waals surface area contributed by atoms with Crippen LogP contribution in [0.3, 0.4) is 0 Å². The van der Waals surface area contributed by atoms with Crippen LogP contribution in [0.25, 0.3) is 0 Å². The van der Waals surface area contributed by atoms with Crippen molar-refractivity contribution in [1.82, 2.24) is 19.9 Å². The molecular weight excluding hydrogens is 423 g/mol. The lowest BCUT2D eigenvalue weighted by Gasteiger charge is -2.20. The Labute approximate surface area is 192 Å². The van der Waals surface area contributed by atoms with E-state index in [1.165, 1.54) is 12.1 Å². The molecule has 172 valence electrons. The van der Waals surface area contributed by atoms with Crippen LogP contribution in [0.1, 0.15) is 76.6 Å². The second-order valence-electron chi connectivity index (χ2n) is 8.18. The third-order valence-corrected chi connectivity index (χ3v) is 6.03. The summed E-state index contributed by atoms with van der Waals surface area (Å²) in [5.74, 6) is -0.124. The predicted molar refractivity (Wildman–Crippen MR) is 120 cm³/mol. The molecule has 0 radical (unpaired) electrons. The van der Waals surface area contributed by atoms with Crippen LogP contribution in [-0.4, -0.2) is 32.8 Å². The molecule has 1 amide bonds. The number of rotatable bonds is 8. The summed E-state index contributed by atoms with van der Waals surface area (Å²) in [6.45, 7) is 5.09. The number of nitrogens with one attached hydrogen (secondary N) is 1. The Hall–Kier alpha value is -3.39. The van der Waals surface area contributed by atoms with E-state index in [2.05, 4.69) is 15.3 Å². The fourth-order valence-electron chi connectivity index (χ4n) is 4.13. The Morgan fingerprint density at radius 3 is 2.64 bits per heavy atom. The van der Waals surface area contributed by atoms with Gasteiger partial charge in [0.15, 0.2) is 5.78 Å². The van der Waals surface area contributed by atoms with Gasteiger partial charge in [-0.15, -0.1) is 0 Å². The topological polar surface area (TPSA) is 86.1 Å². The Morgan fingerprint density at radius 1 is 1.21 bits per heavy atom. The van der Waals surface area contributed by atoms with Crippen molar-refractivity contribution in [2.75, 3.05) is 6.61 Å². The normalized spacial score (nSPS) is 14.9. The van der Waals surface area contributed by atoms with Gasteiger partial charge in [0, 0.05) is 31.3 Å². The number of aromatic nitrogens is 3. The van der Waals surface area contributed by atoms with E-state index in [1.54, 1.807) is 36.7 Å². The summed E-state index contributed by atoms with van der Waals surface area (Å²) >= 11 is 0. The molecule has 4 rings (SSSR count). The fourth-order valence-corrected chi connectivity index (χ4v) is 4.13. The summed E-state index contributed by atoms with van der Waals surface area (Å²) in [5, 5.41) is 2.95. The van der Waals surface area contributed by atoms with Crippen molar-refractivity contribution in [2.24, 2.45) is 0 Å². The monoisotopic (exact) mass is 450 g/mol. The summed E-state index contributed by atoms with van der Waals surface area (Å²) in [4.78, 5) is 35.0. The van der Waals surface area contributed by atoms with Crippen LogP contribution < -0.4 is 5.32 Å². The predicted octanol–water partition coefficient (Wildman–Crippen LogP) is 4.21. The van der Waals surface area contributed by atoms with Gasteiger partial charge in [-0.25, -0.2) is 14.4 Å². The highest BCUT2D eigenvalue weighted by molar-refractivity contribution is 6.01. The lowest BCUT2D eigenvalue weighted by Crippen LogP contribution is -2.28. The number of nitrogens with zero attached hydrogens (tertiary/aromatic N) is 3. The van der Waals surface area contributed by atoms with Gasteiger partial charge in [-0.05, 0) is 43.2 Å². The molecule has 0 saturated heterocycles. The molecular formula is C25H27FN4O3. The molecule has 0 unspecified atom stereocenters. The van der Waals surface area contributed by atoms with Crippen LogP contribution in [0.2, 0.25) is 0 Å². The quantitative estimate of drug-likeness (QED) is 0.520. The van der Waals surface area contributed by atoms with Crippen LogP contribution in [0.5, 0.6) is 0 Å².